The predicted molar refractivity (Wildman–Crippen MR) is 85.4 cm³/mol. The third kappa shape index (κ3) is 3.19. The Morgan fingerprint density at radius 1 is 1.26 bits per heavy atom. The van der Waals surface area contributed by atoms with Crippen LogP contribution in [0.3, 0.4) is 0 Å². The van der Waals surface area contributed by atoms with Gasteiger partial charge in [-0.3, -0.25) is 9.59 Å². The lowest BCUT2D eigenvalue weighted by Crippen LogP contribution is -2.42. The number of rotatable bonds is 4. The van der Waals surface area contributed by atoms with Crippen LogP contribution >= 0.6 is 0 Å². The molecule has 124 valence electrons. The lowest BCUT2D eigenvalue weighted by Gasteiger charge is -2.32. The van der Waals surface area contributed by atoms with Gasteiger partial charge < -0.3 is 14.7 Å². The van der Waals surface area contributed by atoms with Gasteiger partial charge in [-0.15, -0.1) is 0 Å². The third-order valence-electron chi connectivity index (χ3n) is 5.44. The first-order valence-electron chi connectivity index (χ1n) is 8.12. The fourth-order valence-electron chi connectivity index (χ4n) is 3.49. The number of hydrogen-bond donors (Lipinski definition) is 1. The van der Waals surface area contributed by atoms with Gasteiger partial charge >= 0.3 is 5.97 Å². The third-order valence-corrected chi connectivity index (χ3v) is 5.44. The average Bonchev–Trinajstić information content (AvgIpc) is 3.23. The zero-order valence-electron chi connectivity index (χ0n) is 13.7. The Hall–Kier alpha value is -2.04. The lowest BCUT2D eigenvalue weighted by atomic mass is 9.91. The van der Waals surface area contributed by atoms with Crippen LogP contribution in [0.5, 0.6) is 5.75 Å². The highest BCUT2D eigenvalue weighted by Gasteiger charge is 2.59. The number of nitrogens with zero attached hydrogens (tertiary/aromatic N) is 1. The van der Waals surface area contributed by atoms with Crippen molar-refractivity contribution in [1.29, 1.82) is 0 Å². The molecule has 1 spiro atoms. The minimum atomic E-state index is -0.692. The number of carboxylic acids is 1. The molecular weight excluding hydrogens is 294 g/mol. The normalized spacial score (nSPS) is 22.0. The van der Waals surface area contributed by atoms with Gasteiger partial charge in [0.2, 0.25) is 0 Å². The first-order valence-corrected chi connectivity index (χ1v) is 8.12. The van der Waals surface area contributed by atoms with Gasteiger partial charge in [0, 0.05) is 13.1 Å². The summed E-state index contributed by atoms with van der Waals surface area (Å²) < 4.78 is 5.60. The zero-order chi connectivity index (χ0) is 16.6. The topological polar surface area (TPSA) is 66.8 Å². The molecule has 1 saturated carbocycles. The molecule has 1 saturated heterocycles. The van der Waals surface area contributed by atoms with Crippen LogP contribution in [-0.2, 0) is 9.59 Å². The molecule has 1 aromatic carbocycles. The van der Waals surface area contributed by atoms with Crippen molar-refractivity contribution in [3.8, 4) is 5.75 Å². The van der Waals surface area contributed by atoms with E-state index in [2.05, 4.69) is 0 Å². The highest BCUT2D eigenvalue weighted by molar-refractivity contribution is 5.78. The van der Waals surface area contributed by atoms with Gasteiger partial charge in [0.1, 0.15) is 5.75 Å². The maximum Gasteiger partial charge on any atom is 0.307 e. The van der Waals surface area contributed by atoms with Gasteiger partial charge in [-0.05, 0) is 61.8 Å². The smallest absolute Gasteiger partial charge is 0.307 e. The molecule has 0 bridgehead atoms. The number of hydrogen-bond acceptors (Lipinski definition) is 3. The van der Waals surface area contributed by atoms with Crippen molar-refractivity contribution in [2.75, 3.05) is 19.7 Å². The van der Waals surface area contributed by atoms with E-state index in [0.717, 1.165) is 24.8 Å². The van der Waals surface area contributed by atoms with Crippen molar-refractivity contribution < 1.29 is 19.4 Å². The van der Waals surface area contributed by atoms with E-state index in [-0.39, 0.29) is 23.8 Å². The Morgan fingerprint density at radius 2 is 1.96 bits per heavy atom. The molecule has 5 heteroatoms. The molecule has 1 aromatic rings. The van der Waals surface area contributed by atoms with Crippen molar-refractivity contribution in [3.63, 3.8) is 0 Å². The molecule has 0 radical (unpaired) electrons. The molecule has 23 heavy (non-hydrogen) atoms. The number of carbonyl (C=O) groups excluding carboxylic acids is 1. The lowest BCUT2D eigenvalue weighted by molar-refractivity contribution is -0.140. The second kappa shape index (κ2) is 5.87. The van der Waals surface area contributed by atoms with Crippen molar-refractivity contribution in [2.24, 2.45) is 11.3 Å². The van der Waals surface area contributed by atoms with Crippen molar-refractivity contribution in [3.05, 3.63) is 29.3 Å². The number of carbonyl (C=O) groups is 2. The monoisotopic (exact) mass is 317 g/mol. The van der Waals surface area contributed by atoms with Gasteiger partial charge in [-0.2, -0.15) is 0 Å². The van der Waals surface area contributed by atoms with E-state index in [0.29, 0.717) is 18.8 Å². The molecule has 1 amide bonds. The number of benzene rings is 1. The summed E-state index contributed by atoms with van der Waals surface area (Å²) in [4.78, 5) is 25.1. The van der Waals surface area contributed by atoms with Crippen LogP contribution in [0.4, 0.5) is 0 Å². The van der Waals surface area contributed by atoms with Crippen LogP contribution in [0.2, 0.25) is 0 Å². The molecule has 2 aliphatic rings. The number of ether oxygens (including phenoxy) is 1. The zero-order valence-corrected chi connectivity index (χ0v) is 13.7. The molecule has 0 aromatic heterocycles. The summed E-state index contributed by atoms with van der Waals surface area (Å²) in [5.41, 5.74) is 2.29. The number of likely N-dealkylation sites (tertiary alicyclic amines) is 1. The highest BCUT2D eigenvalue weighted by Crippen LogP contribution is 2.59. The Bertz CT molecular complexity index is 632. The van der Waals surface area contributed by atoms with Gasteiger partial charge in [0.05, 0.1) is 5.92 Å². The molecule has 5 nitrogen and oxygen atoms in total. The summed E-state index contributed by atoms with van der Waals surface area (Å²) in [5, 5.41) is 9.10. The summed E-state index contributed by atoms with van der Waals surface area (Å²) in [6.45, 7) is 5.37. The molecule has 1 N–H and O–H groups in total. The molecule has 1 aliphatic heterocycles. The highest BCUT2D eigenvalue weighted by atomic mass is 16.5. The second-order valence-corrected chi connectivity index (χ2v) is 6.87. The number of aryl methyl sites for hydroxylation is 2. The van der Waals surface area contributed by atoms with E-state index in [9.17, 15) is 9.59 Å². The number of carboxylic acid groups (broad SMARTS) is 1. The van der Waals surface area contributed by atoms with E-state index in [1.54, 1.807) is 4.90 Å². The maximum atomic E-state index is 12.3. The number of piperidine rings is 1. The van der Waals surface area contributed by atoms with Crippen molar-refractivity contribution in [2.45, 2.75) is 33.1 Å². The van der Waals surface area contributed by atoms with Gasteiger partial charge in [-0.25, -0.2) is 0 Å². The Morgan fingerprint density at radius 3 is 2.52 bits per heavy atom. The maximum absolute atomic E-state index is 12.3. The Kier molecular flexibility index (Phi) is 4.04. The molecular formula is C18H23NO4. The first-order chi connectivity index (χ1) is 10.9. The largest absolute Gasteiger partial charge is 0.484 e. The molecule has 1 unspecified atom stereocenters. The van der Waals surface area contributed by atoms with Gasteiger partial charge in [0.25, 0.3) is 5.91 Å². The molecule has 1 atom stereocenters. The van der Waals surface area contributed by atoms with E-state index in [4.69, 9.17) is 9.84 Å². The summed E-state index contributed by atoms with van der Waals surface area (Å²) in [6.07, 6.45) is 2.35. The average molecular weight is 317 g/mol. The summed E-state index contributed by atoms with van der Waals surface area (Å²) in [6, 6.07) is 5.80. The summed E-state index contributed by atoms with van der Waals surface area (Å²) in [7, 11) is 0. The van der Waals surface area contributed by atoms with Crippen LogP contribution in [0.15, 0.2) is 18.2 Å². The van der Waals surface area contributed by atoms with Crippen LogP contribution in [0, 0.1) is 25.2 Å². The van der Waals surface area contributed by atoms with E-state index in [1.807, 2.05) is 32.0 Å². The number of amides is 1. The Labute approximate surface area is 136 Å². The minimum absolute atomic E-state index is 0.0226. The van der Waals surface area contributed by atoms with Gasteiger partial charge in [0.15, 0.2) is 6.61 Å². The van der Waals surface area contributed by atoms with Crippen LogP contribution in [0.25, 0.3) is 0 Å². The van der Waals surface area contributed by atoms with Gasteiger partial charge in [-0.1, -0.05) is 6.07 Å². The number of aliphatic carboxylic acids is 1. The van der Waals surface area contributed by atoms with Crippen LogP contribution in [0.1, 0.15) is 30.4 Å². The van der Waals surface area contributed by atoms with Crippen LogP contribution < -0.4 is 4.74 Å². The predicted octanol–water partition coefficient (Wildman–Crippen LogP) is 2.40. The summed E-state index contributed by atoms with van der Waals surface area (Å²) in [5.74, 6) is -0.206. The van der Waals surface area contributed by atoms with Crippen molar-refractivity contribution in [1.82, 2.24) is 4.90 Å². The fourth-order valence-corrected chi connectivity index (χ4v) is 3.49. The molecule has 1 aliphatic carbocycles. The molecule has 3 rings (SSSR count). The minimum Gasteiger partial charge on any atom is -0.484 e. The SMILES string of the molecule is Cc1ccc(OCC(=O)N2CCC3(CC2)CC3C(=O)O)cc1C. The van der Waals surface area contributed by atoms with E-state index < -0.39 is 5.97 Å². The van der Waals surface area contributed by atoms with Crippen molar-refractivity contribution >= 4 is 11.9 Å². The molecule has 2 fully saturated rings. The van der Waals surface area contributed by atoms with E-state index >= 15 is 0 Å². The first kappa shape index (κ1) is 15.8. The Balaban J connectivity index is 1.48. The second-order valence-electron chi connectivity index (χ2n) is 6.87. The quantitative estimate of drug-likeness (QED) is 0.926. The molecule has 1 heterocycles. The summed E-state index contributed by atoms with van der Waals surface area (Å²) >= 11 is 0. The van der Waals surface area contributed by atoms with Crippen LogP contribution in [-0.4, -0.2) is 41.6 Å². The standard InChI is InChI=1S/C18H23NO4/c1-12-3-4-14(9-13(12)2)23-11-16(20)19-7-5-18(6-8-19)10-15(18)17(21)22/h3-4,9,15H,5-8,10-11H2,1-2H3,(H,21,22). The van der Waals surface area contributed by atoms with E-state index in [1.165, 1.54) is 5.56 Å². The fraction of sp³-hybridized carbons (Fsp3) is 0.556.